The van der Waals surface area contributed by atoms with Crippen molar-refractivity contribution < 1.29 is 9.53 Å². The van der Waals surface area contributed by atoms with Gasteiger partial charge in [0.1, 0.15) is 5.75 Å². The molecule has 4 nitrogen and oxygen atoms in total. The summed E-state index contributed by atoms with van der Waals surface area (Å²) in [6.45, 7) is 1.61. The van der Waals surface area contributed by atoms with Gasteiger partial charge < -0.3 is 15.4 Å². The van der Waals surface area contributed by atoms with Gasteiger partial charge in [-0.15, -0.1) is 0 Å². The van der Waals surface area contributed by atoms with E-state index in [0.717, 1.165) is 31.7 Å². The van der Waals surface area contributed by atoms with Crippen molar-refractivity contribution in [2.75, 3.05) is 20.2 Å². The fraction of sp³-hybridized carbons (Fsp3) is 0.500. The van der Waals surface area contributed by atoms with Gasteiger partial charge in [-0.25, -0.2) is 0 Å². The zero-order valence-corrected chi connectivity index (χ0v) is 10.7. The number of amides is 1. The number of rotatable bonds is 5. The molecule has 0 aromatic heterocycles. The lowest BCUT2D eigenvalue weighted by molar-refractivity contribution is -0.120. The Morgan fingerprint density at radius 1 is 1.44 bits per heavy atom. The Bertz CT molecular complexity index is 407. The minimum absolute atomic E-state index is 0.101. The van der Waals surface area contributed by atoms with Crippen LogP contribution in [0.25, 0.3) is 0 Å². The lowest BCUT2D eigenvalue weighted by atomic mass is 10.0. The minimum Gasteiger partial charge on any atom is -0.493 e. The van der Waals surface area contributed by atoms with Crippen molar-refractivity contribution in [3.63, 3.8) is 0 Å². The van der Waals surface area contributed by atoms with Crippen LogP contribution in [0.3, 0.4) is 0 Å². The van der Waals surface area contributed by atoms with Crippen molar-refractivity contribution in [1.29, 1.82) is 0 Å². The minimum atomic E-state index is 0.101. The van der Waals surface area contributed by atoms with E-state index in [2.05, 4.69) is 16.7 Å². The summed E-state index contributed by atoms with van der Waals surface area (Å²) in [6.07, 6.45) is 2.42. The average Bonchev–Trinajstić information content (AvgIpc) is 2.43. The number of hydrogen-bond donors (Lipinski definition) is 2. The van der Waals surface area contributed by atoms with E-state index in [1.54, 1.807) is 7.05 Å². The van der Waals surface area contributed by atoms with Gasteiger partial charge in [-0.3, -0.25) is 4.79 Å². The van der Waals surface area contributed by atoms with Crippen molar-refractivity contribution >= 4 is 5.91 Å². The number of nitrogens with one attached hydrogen (secondary N) is 2. The highest BCUT2D eigenvalue weighted by molar-refractivity contribution is 5.75. The van der Waals surface area contributed by atoms with E-state index in [9.17, 15) is 4.79 Å². The molecular formula is C14H20N2O2. The highest BCUT2D eigenvalue weighted by Crippen LogP contribution is 2.31. The van der Waals surface area contributed by atoms with E-state index < -0.39 is 0 Å². The van der Waals surface area contributed by atoms with E-state index in [-0.39, 0.29) is 5.91 Å². The molecule has 1 amide bonds. The molecule has 0 fully saturated rings. The molecule has 0 radical (unpaired) electrons. The van der Waals surface area contributed by atoms with E-state index in [1.807, 2.05) is 18.2 Å². The molecule has 0 spiro atoms. The highest BCUT2D eigenvalue weighted by atomic mass is 16.5. The Morgan fingerprint density at radius 3 is 3.11 bits per heavy atom. The van der Waals surface area contributed by atoms with Crippen molar-refractivity contribution in [2.24, 2.45) is 0 Å². The second kappa shape index (κ2) is 6.40. The van der Waals surface area contributed by atoms with Crippen LogP contribution in [0.1, 0.15) is 30.9 Å². The van der Waals surface area contributed by atoms with Crippen LogP contribution in [0.2, 0.25) is 0 Å². The number of para-hydroxylation sites is 1. The molecule has 1 heterocycles. The molecule has 4 heteroatoms. The Hall–Kier alpha value is -1.55. The maximum absolute atomic E-state index is 11.1. The van der Waals surface area contributed by atoms with Crippen molar-refractivity contribution in [1.82, 2.24) is 10.6 Å². The van der Waals surface area contributed by atoms with Crippen molar-refractivity contribution in [3.05, 3.63) is 29.8 Å². The molecule has 2 N–H and O–H groups in total. The molecule has 1 aromatic rings. The van der Waals surface area contributed by atoms with Crippen LogP contribution in [-0.4, -0.2) is 26.1 Å². The fourth-order valence-corrected chi connectivity index (χ4v) is 2.20. The molecule has 18 heavy (non-hydrogen) atoms. The molecule has 0 saturated carbocycles. The molecule has 0 bridgehead atoms. The molecule has 0 aliphatic carbocycles. The zero-order valence-electron chi connectivity index (χ0n) is 10.7. The topological polar surface area (TPSA) is 50.4 Å². The van der Waals surface area contributed by atoms with Gasteiger partial charge in [0.2, 0.25) is 5.91 Å². The number of carbonyl (C=O) groups is 1. The third kappa shape index (κ3) is 3.23. The molecule has 1 aromatic carbocycles. The summed E-state index contributed by atoms with van der Waals surface area (Å²) in [5.41, 5.74) is 1.23. The first-order valence-corrected chi connectivity index (χ1v) is 6.47. The number of fused-ring (bicyclic) bond motifs is 1. The van der Waals surface area contributed by atoms with E-state index in [4.69, 9.17) is 4.74 Å². The Morgan fingerprint density at radius 2 is 2.28 bits per heavy atom. The summed E-state index contributed by atoms with van der Waals surface area (Å²) in [5, 5.41) is 6.13. The maximum atomic E-state index is 11.1. The summed E-state index contributed by atoms with van der Waals surface area (Å²) in [7, 11) is 1.67. The summed E-state index contributed by atoms with van der Waals surface area (Å²) in [4.78, 5) is 11.1. The molecular weight excluding hydrogens is 228 g/mol. The van der Waals surface area contributed by atoms with Crippen LogP contribution in [0, 0.1) is 0 Å². The highest BCUT2D eigenvalue weighted by Gasteiger charge is 2.19. The zero-order chi connectivity index (χ0) is 12.8. The van der Waals surface area contributed by atoms with Gasteiger partial charge in [0, 0.05) is 31.5 Å². The van der Waals surface area contributed by atoms with E-state index in [0.29, 0.717) is 12.5 Å². The fourth-order valence-electron chi connectivity index (χ4n) is 2.20. The van der Waals surface area contributed by atoms with Gasteiger partial charge in [-0.1, -0.05) is 18.2 Å². The van der Waals surface area contributed by atoms with Gasteiger partial charge in [-0.2, -0.15) is 0 Å². The van der Waals surface area contributed by atoms with Gasteiger partial charge >= 0.3 is 0 Å². The van der Waals surface area contributed by atoms with Gasteiger partial charge in [0.15, 0.2) is 0 Å². The number of benzene rings is 1. The lowest BCUT2D eigenvalue weighted by Crippen LogP contribution is -2.28. The maximum Gasteiger partial charge on any atom is 0.219 e. The predicted molar refractivity (Wildman–Crippen MR) is 70.6 cm³/mol. The monoisotopic (exact) mass is 248 g/mol. The molecule has 1 unspecified atom stereocenters. The Labute approximate surface area is 108 Å². The Balaban J connectivity index is 1.82. The molecule has 1 aliphatic rings. The number of hydrogen-bond acceptors (Lipinski definition) is 3. The van der Waals surface area contributed by atoms with Gasteiger partial charge in [0.25, 0.3) is 0 Å². The largest absolute Gasteiger partial charge is 0.493 e. The van der Waals surface area contributed by atoms with Crippen LogP contribution in [0.4, 0.5) is 0 Å². The van der Waals surface area contributed by atoms with Crippen LogP contribution in [0.15, 0.2) is 24.3 Å². The van der Waals surface area contributed by atoms with Crippen molar-refractivity contribution in [2.45, 2.75) is 25.3 Å². The summed E-state index contributed by atoms with van der Waals surface area (Å²) >= 11 is 0. The lowest BCUT2D eigenvalue weighted by Gasteiger charge is -2.26. The molecule has 98 valence electrons. The summed E-state index contributed by atoms with van der Waals surface area (Å²) in [6, 6.07) is 8.48. The second-order valence-electron chi connectivity index (χ2n) is 4.46. The van der Waals surface area contributed by atoms with Crippen LogP contribution >= 0.6 is 0 Å². The summed E-state index contributed by atoms with van der Waals surface area (Å²) in [5.74, 6) is 1.08. The van der Waals surface area contributed by atoms with Gasteiger partial charge in [-0.05, 0) is 19.0 Å². The van der Waals surface area contributed by atoms with Crippen LogP contribution < -0.4 is 15.4 Å². The van der Waals surface area contributed by atoms with Crippen molar-refractivity contribution in [3.8, 4) is 5.75 Å². The van der Waals surface area contributed by atoms with Crippen LogP contribution in [-0.2, 0) is 4.79 Å². The third-order valence-electron chi connectivity index (χ3n) is 3.21. The average molecular weight is 248 g/mol. The molecule has 1 atom stereocenters. The standard InChI is InChI=1S/C14H20N2O2/c1-15-14(17)7-4-9-16-12-8-10-18-13-6-3-2-5-11(12)13/h2-3,5-6,12,16H,4,7-10H2,1H3,(H,15,17). The van der Waals surface area contributed by atoms with E-state index >= 15 is 0 Å². The smallest absolute Gasteiger partial charge is 0.219 e. The molecule has 1 aliphatic heterocycles. The SMILES string of the molecule is CNC(=O)CCCNC1CCOc2ccccc21. The van der Waals surface area contributed by atoms with E-state index in [1.165, 1.54) is 5.56 Å². The predicted octanol–water partition coefficient (Wildman–Crippen LogP) is 1.63. The normalized spacial score (nSPS) is 17.7. The van der Waals surface area contributed by atoms with Gasteiger partial charge in [0.05, 0.1) is 6.61 Å². The quantitative estimate of drug-likeness (QED) is 0.779. The first-order valence-electron chi connectivity index (χ1n) is 6.47. The van der Waals surface area contributed by atoms with Crippen LogP contribution in [0.5, 0.6) is 5.75 Å². The first-order chi connectivity index (χ1) is 8.81. The summed E-state index contributed by atoms with van der Waals surface area (Å²) < 4.78 is 5.61. The molecule has 0 saturated heterocycles. The first kappa shape index (κ1) is 12.9. The Kier molecular flexibility index (Phi) is 4.59. The number of carbonyl (C=O) groups excluding carboxylic acids is 1. The third-order valence-corrected chi connectivity index (χ3v) is 3.21. The number of ether oxygens (including phenoxy) is 1. The molecule has 2 rings (SSSR count). The second-order valence-corrected chi connectivity index (χ2v) is 4.46.